The molecule has 0 bridgehead atoms. The van der Waals surface area contributed by atoms with E-state index in [1.807, 2.05) is 35.7 Å². The van der Waals surface area contributed by atoms with Crippen LogP contribution >= 0.6 is 23.5 Å². The third kappa shape index (κ3) is 4.91. The molecule has 1 aliphatic heterocycles. The van der Waals surface area contributed by atoms with Gasteiger partial charge in [-0.2, -0.15) is 0 Å². The minimum absolute atomic E-state index is 0.0273. The number of carbonyl (C=O) groups excluding carboxylic acids is 1. The molecule has 0 aliphatic carbocycles. The molecule has 0 unspecified atom stereocenters. The number of para-hydroxylation sites is 1. The largest absolute Gasteiger partial charge is 0.321 e. The van der Waals surface area contributed by atoms with Crippen molar-refractivity contribution in [3.05, 3.63) is 64.7 Å². The standard InChI is InChI=1S/C23H29NOS2/c1-15(2)19-7-5-8-20(16(3)4)21(19)24-22(25)17-9-11-18(12-10-17)23-26-13-6-14-27-23/h5,7-12,15-16,23H,6,13-14H2,1-4H3,(H,24,25). The van der Waals surface area contributed by atoms with Crippen LogP contribution in [0.2, 0.25) is 0 Å². The first-order valence-electron chi connectivity index (χ1n) is 9.74. The molecule has 144 valence electrons. The van der Waals surface area contributed by atoms with Gasteiger partial charge in [-0.05, 0) is 58.6 Å². The maximum atomic E-state index is 12.9. The summed E-state index contributed by atoms with van der Waals surface area (Å²) in [6.45, 7) is 8.68. The van der Waals surface area contributed by atoms with E-state index in [9.17, 15) is 4.79 Å². The molecule has 1 fully saturated rings. The van der Waals surface area contributed by atoms with E-state index in [2.05, 4.69) is 63.3 Å². The average molecular weight is 400 g/mol. The Morgan fingerprint density at radius 3 is 2.00 bits per heavy atom. The van der Waals surface area contributed by atoms with E-state index < -0.39 is 0 Å². The van der Waals surface area contributed by atoms with Crippen molar-refractivity contribution in [3.63, 3.8) is 0 Å². The van der Waals surface area contributed by atoms with Crippen LogP contribution in [0.1, 0.15) is 77.6 Å². The Morgan fingerprint density at radius 2 is 1.48 bits per heavy atom. The monoisotopic (exact) mass is 399 g/mol. The minimum atomic E-state index is -0.0273. The maximum Gasteiger partial charge on any atom is 0.255 e. The summed E-state index contributed by atoms with van der Waals surface area (Å²) in [5, 5.41) is 3.21. The Balaban J connectivity index is 1.81. The predicted octanol–water partition coefficient (Wildman–Crippen LogP) is 7.05. The molecule has 2 aromatic carbocycles. The highest BCUT2D eigenvalue weighted by Gasteiger charge is 2.19. The van der Waals surface area contributed by atoms with Gasteiger partial charge in [0, 0.05) is 11.3 Å². The number of nitrogens with one attached hydrogen (secondary N) is 1. The second-order valence-corrected chi connectivity index (χ2v) is 10.3. The van der Waals surface area contributed by atoms with Gasteiger partial charge in [0.05, 0.1) is 4.58 Å². The van der Waals surface area contributed by atoms with Gasteiger partial charge in [0.25, 0.3) is 5.91 Å². The second-order valence-electron chi connectivity index (χ2n) is 7.62. The first kappa shape index (κ1) is 20.3. The lowest BCUT2D eigenvalue weighted by Gasteiger charge is -2.22. The fourth-order valence-electron chi connectivity index (χ4n) is 3.35. The molecular weight excluding hydrogens is 370 g/mol. The third-order valence-electron chi connectivity index (χ3n) is 4.88. The van der Waals surface area contributed by atoms with Crippen molar-refractivity contribution in [2.45, 2.75) is 50.5 Å². The summed E-state index contributed by atoms with van der Waals surface area (Å²) in [5.41, 5.74) is 5.40. The highest BCUT2D eigenvalue weighted by atomic mass is 32.2. The van der Waals surface area contributed by atoms with E-state index in [1.54, 1.807) is 0 Å². The number of hydrogen-bond acceptors (Lipinski definition) is 3. The van der Waals surface area contributed by atoms with Crippen LogP contribution in [0.3, 0.4) is 0 Å². The van der Waals surface area contributed by atoms with Crippen molar-refractivity contribution in [2.75, 3.05) is 16.8 Å². The van der Waals surface area contributed by atoms with Crippen molar-refractivity contribution < 1.29 is 4.79 Å². The lowest BCUT2D eigenvalue weighted by molar-refractivity contribution is 0.102. The Kier molecular flexibility index (Phi) is 6.93. The molecule has 4 heteroatoms. The van der Waals surface area contributed by atoms with Crippen molar-refractivity contribution in [1.29, 1.82) is 0 Å². The lowest BCUT2D eigenvalue weighted by Crippen LogP contribution is -2.16. The van der Waals surface area contributed by atoms with E-state index in [4.69, 9.17) is 0 Å². The molecule has 0 spiro atoms. The molecule has 27 heavy (non-hydrogen) atoms. The highest BCUT2D eigenvalue weighted by Crippen LogP contribution is 2.43. The van der Waals surface area contributed by atoms with Crippen molar-refractivity contribution >= 4 is 35.1 Å². The van der Waals surface area contributed by atoms with Gasteiger partial charge in [0.1, 0.15) is 0 Å². The molecule has 1 aliphatic rings. The summed E-state index contributed by atoms with van der Waals surface area (Å²) in [7, 11) is 0. The van der Waals surface area contributed by atoms with Crippen LogP contribution in [0.5, 0.6) is 0 Å². The van der Waals surface area contributed by atoms with Crippen molar-refractivity contribution in [3.8, 4) is 0 Å². The normalized spacial score (nSPS) is 15.3. The average Bonchev–Trinajstić information content (AvgIpc) is 2.68. The first-order valence-corrected chi connectivity index (χ1v) is 11.8. The van der Waals surface area contributed by atoms with Gasteiger partial charge in [-0.25, -0.2) is 0 Å². The summed E-state index contributed by atoms with van der Waals surface area (Å²) < 4.78 is 0.505. The number of amides is 1. The van der Waals surface area contributed by atoms with Gasteiger partial charge in [0.15, 0.2) is 0 Å². The molecule has 0 radical (unpaired) electrons. The summed E-state index contributed by atoms with van der Waals surface area (Å²) in [4.78, 5) is 12.9. The summed E-state index contributed by atoms with van der Waals surface area (Å²) >= 11 is 4.01. The molecular formula is C23H29NOS2. The number of benzene rings is 2. The van der Waals surface area contributed by atoms with Gasteiger partial charge in [-0.15, -0.1) is 23.5 Å². The summed E-state index contributed by atoms with van der Waals surface area (Å²) in [6.07, 6.45) is 1.29. The van der Waals surface area contributed by atoms with E-state index in [1.165, 1.54) is 34.6 Å². The SMILES string of the molecule is CC(C)c1cccc(C(C)C)c1NC(=O)c1ccc(C2SCCCS2)cc1. The number of hydrogen-bond donors (Lipinski definition) is 1. The molecule has 3 rings (SSSR count). The molecule has 1 heterocycles. The molecule has 2 aromatic rings. The second kappa shape index (κ2) is 9.20. The zero-order chi connectivity index (χ0) is 19.4. The maximum absolute atomic E-state index is 12.9. The number of thioether (sulfide) groups is 2. The molecule has 1 saturated heterocycles. The fraction of sp³-hybridized carbons (Fsp3) is 0.435. The molecule has 2 nitrogen and oxygen atoms in total. The Hall–Kier alpha value is -1.39. The number of carbonyl (C=O) groups is 1. The zero-order valence-corrected chi connectivity index (χ0v) is 18.3. The van der Waals surface area contributed by atoms with Crippen LogP contribution in [0.4, 0.5) is 5.69 Å². The van der Waals surface area contributed by atoms with Gasteiger partial charge in [-0.3, -0.25) is 4.79 Å². The van der Waals surface area contributed by atoms with Gasteiger partial charge < -0.3 is 5.32 Å². The minimum Gasteiger partial charge on any atom is -0.321 e. The van der Waals surface area contributed by atoms with Gasteiger partial charge in [-0.1, -0.05) is 58.0 Å². The molecule has 0 atom stereocenters. The highest BCUT2D eigenvalue weighted by molar-refractivity contribution is 8.16. The number of anilines is 1. The molecule has 0 aromatic heterocycles. The van der Waals surface area contributed by atoms with Gasteiger partial charge in [0.2, 0.25) is 0 Å². The van der Waals surface area contributed by atoms with Crippen molar-refractivity contribution in [2.24, 2.45) is 0 Å². The molecule has 0 saturated carbocycles. The predicted molar refractivity (Wildman–Crippen MR) is 121 cm³/mol. The van der Waals surface area contributed by atoms with Crippen LogP contribution < -0.4 is 5.32 Å². The molecule has 1 amide bonds. The smallest absolute Gasteiger partial charge is 0.255 e. The van der Waals surface area contributed by atoms with E-state index in [-0.39, 0.29) is 5.91 Å². The van der Waals surface area contributed by atoms with Crippen LogP contribution in [0.25, 0.3) is 0 Å². The first-order chi connectivity index (χ1) is 13.0. The Labute approximate surface area is 171 Å². The summed E-state index contributed by atoms with van der Waals surface area (Å²) in [5.74, 6) is 3.15. The van der Waals surface area contributed by atoms with Gasteiger partial charge >= 0.3 is 0 Å². The van der Waals surface area contributed by atoms with Crippen LogP contribution in [-0.2, 0) is 0 Å². The van der Waals surface area contributed by atoms with E-state index in [0.717, 1.165) is 11.3 Å². The lowest BCUT2D eigenvalue weighted by atomic mass is 9.92. The molecule has 1 N–H and O–H groups in total. The van der Waals surface area contributed by atoms with Crippen LogP contribution in [0, 0.1) is 0 Å². The Bertz CT molecular complexity index is 751. The zero-order valence-electron chi connectivity index (χ0n) is 16.6. The summed E-state index contributed by atoms with van der Waals surface area (Å²) in [6, 6.07) is 14.5. The van der Waals surface area contributed by atoms with E-state index >= 15 is 0 Å². The van der Waals surface area contributed by atoms with Crippen LogP contribution in [-0.4, -0.2) is 17.4 Å². The van der Waals surface area contributed by atoms with E-state index in [0.29, 0.717) is 16.4 Å². The Morgan fingerprint density at radius 1 is 0.926 bits per heavy atom. The number of rotatable bonds is 5. The fourth-order valence-corrected chi connectivity index (χ4v) is 6.25. The third-order valence-corrected chi connectivity index (χ3v) is 7.90. The topological polar surface area (TPSA) is 29.1 Å². The van der Waals surface area contributed by atoms with Crippen molar-refractivity contribution in [1.82, 2.24) is 0 Å². The van der Waals surface area contributed by atoms with Crippen LogP contribution in [0.15, 0.2) is 42.5 Å². The quantitative estimate of drug-likeness (QED) is 0.584.